The van der Waals surface area contributed by atoms with Gasteiger partial charge in [0.05, 0.1) is 0 Å². The van der Waals surface area contributed by atoms with Gasteiger partial charge in [-0.05, 0) is 0 Å². The van der Waals surface area contributed by atoms with Crippen LogP contribution in [0, 0.1) is 5.92 Å². The minimum absolute atomic E-state index is 0.941. The van der Waals surface area contributed by atoms with Gasteiger partial charge in [-0.3, -0.25) is 0 Å². The average Bonchev–Trinajstić information content (AvgIpc) is 2.45. The van der Waals surface area contributed by atoms with E-state index in [1.807, 2.05) is 6.07 Å². The molecule has 1 radical (unpaired) electrons. The van der Waals surface area contributed by atoms with Gasteiger partial charge >= 0.3 is 141 Å². The average molecular weight is 408 g/mol. The zero-order valence-corrected chi connectivity index (χ0v) is 16.4. The fraction of sp³-hybridized carbons (Fsp3) is 0.278. The third-order valence-electron chi connectivity index (χ3n) is 3.31. The van der Waals surface area contributed by atoms with Gasteiger partial charge in [0.1, 0.15) is 0 Å². The molecule has 1 unspecified atom stereocenters. The maximum absolute atomic E-state index is 5.55. The van der Waals surface area contributed by atoms with Gasteiger partial charge < -0.3 is 0 Å². The van der Waals surface area contributed by atoms with E-state index in [2.05, 4.69) is 71.9 Å². The molecule has 0 bridgehead atoms. The van der Waals surface area contributed by atoms with E-state index in [-0.39, 0.29) is 0 Å². The van der Waals surface area contributed by atoms with E-state index in [0.717, 1.165) is 10.2 Å². The Labute approximate surface area is 141 Å². The summed E-state index contributed by atoms with van der Waals surface area (Å²) in [4.78, 5) is 0. The molecule has 1 nitrogen and oxygen atoms in total. The second-order valence-electron chi connectivity index (χ2n) is 5.46. The number of halogens is 1. The minimum atomic E-state index is -0.990. The first kappa shape index (κ1) is 16.6. The van der Waals surface area contributed by atoms with Crippen molar-refractivity contribution in [2.24, 2.45) is 0 Å². The summed E-state index contributed by atoms with van der Waals surface area (Å²) < 4.78 is 8.14. The molecule has 0 amide bonds. The van der Waals surface area contributed by atoms with Gasteiger partial charge in [-0.2, -0.15) is 0 Å². The van der Waals surface area contributed by atoms with Crippen LogP contribution in [0.4, 0.5) is 0 Å². The molecule has 21 heavy (non-hydrogen) atoms. The molecule has 0 spiro atoms. The van der Waals surface area contributed by atoms with Crippen LogP contribution in [0.3, 0.4) is 0 Å². The molecule has 0 aliphatic carbocycles. The number of hydrogen-bond donors (Lipinski definition) is 0. The summed E-state index contributed by atoms with van der Waals surface area (Å²) in [5.41, 5.74) is 4.81. The van der Waals surface area contributed by atoms with Crippen LogP contribution in [0.5, 0.6) is 5.75 Å². The monoisotopic (exact) mass is 407 g/mol. The fourth-order valence-electron chi connectivity index (χ4n) is 2.38. The Balaban J connectivity index is 2.43. The molecule has 2 aromatic carbocycles. The predicted octanol–water partition coefficient (Wildman–Crippen LogP) is 5.07. The number of rotatable bonds is 5. The van der Waals surface area contributed by atoms with Crippen molar-refractivity contribution in [2.45, 2.75) is 24.8 Å². The van der Waals surface area contributed by atoms with Crippen LogP contribution in [0.15, 0.2) is 46.9 Å². The summed E-state index contributed by atoms with van der Waals surface area (Å²) in [7, 11) is 1.74. The van der Waals surface area contributed by atoms with E-state index < -0.39 is 14.7 Å². The van der Waals surface area contributed by atoms with Crippen LogP contribution < -0.4 is 9.09 Å². The first-order valence-corrected chi connectivity index (χ1v) is 11.9. The van der Waals surface area contributed by atoms with E-state index in [4.69, 9.17) is 4.74 Å². The van der Waals surface area contributed by atoms with E-state index >= 15 is 0 Å². The molecular formula is C18H21AsBrO. The van der Waals surface area contributed by atoms with Gasteiger partial charge in [0.2, 0.25) is 0 Å². The van der Waals surface area contributed by atoms with Crippen molar-refractivity contribution < 1.29 is 4.74 Å². The number of hydrogen-bond acceptors (Lipinski definition) is 1. The van der Waals surface area contributed by atoms with Crippen molar-refractivity contribution in [3.8, 4) is 16.9 Å². The van der Waals surface area contributed by atoms with E-state index in [0.29, 0.717) is 0 Å². The molecule has 2 aromatic rings. The number of benzene rings is 2. The summed E-state index contributed by atoms with van der Waals surface area (Å²) in [5.74, 6) is 2.47. The third-order valence-corrected chi connectivity index (χ3v) is 8.56. The van der Waals surface area contributed by atoms with E-state index in [9.17, 15) is 0 Å². The molecule has 0 heterocycles. The van der Waals surface area contributed by atoms with E-state index in [1.165, 1.54) is 26.6 Å². The molecule has 0 fully saturated rings. The molecule has 0 saturated carbocycles. The normalized spacial score (nSPS) is 12.5. The Hall–Kier alpha value is -0.722. The quantitative estimate of drug-likeness (QED) is 0.628. The summed E-state index contributed by atoms with van der Waals surface area (Å²) in [5, 5.41) is 1.26. The molecule has 2 rings (SSSR count). The first-order valence-electron chi connectivity index (χ1n) is 6.95. The Bertz CT molecular complexity index is 610. The Kier molecular flexibility index (Phi) is 5.96. The second-order valence-corrected chi connectivity index (χ2v) is 11.0. The summed E-state index contributed by atoms with van der Waals surface area (Å²) in [6.07, 6.45) is 0. The summed E-state index contributed by atoms with van der Waals surface area (Å²) >= 11 is 2.56. The van der Waals surface area contributed by atoms with Gasteiger partial charge in [0, 0.05) is 0 Å². The van der Waals surface area contributed by atoms with Crippen molar-refractivity contribution in [2.75, 3.05) is 7.11 Å². The van der Waals surface area contributed by atoms with Crippen molar-refractivity contribution in [3.63, 3.8) is 0 Å². The van der Waals surface area contributed by atoms with Gasteiger partial charge in [-0.25, -0.2) is 0 Å². The zero-order chi connectivity index (χ0) is 15.4. The molecule has 1 atom stereocenters. The van der Waals surface area contributed by atoms with Crippen molar-refractivity contribution in [1.29, 1.82) is 0 Å². The van der Waals surface area contributed by atoms with Crippen molar-refractivity contribution in [1.82, 2.24) is 0 Å². The SMILES string of the molecule is COc1ccc([As](C)C[C](C)C)cc1-c1cccc(Br)c1. The Morgan fingerprint density at radius 2 is 1.90 bits per heavy atom. The van der Waals surface area contributed by atoms with Crippen LogP contribution >= 0.6 is 15.9 Å². The third kappa shape index (κ3) is 4.37. The van der Waals surface area contributed by atoms with Gasteiger partial charge in [-0.1, -0.05) is 0 Å². The predicted molar refractivity (Wildman–Crippen MR) is 96.8 cm³/mol. The number of ether oxygens (including phenoxy) is 1. The van der Waals surface area contributed by atoms with Crippen molar-refractivity contribution in [3.05, 3.63) is 52.9 Å². The summed E-state index contributed by atoms with van der Waals surface area (Å²) in [6.45, 7) is 4.45. The Morgan fingerprint density at radius 1 is 1.14 bits per heavy atom. The molecule has 0 N–H and O–H groups in total. The molecule has 0 aliphatic heterocycles. The van der Waals surface area contributed by atoms with Crippen LogP contribution in [0.2, 0.25) is 10.9 Å². The molecule has 111 valence electrons. The summed E-state index contributed by atoms with van der Waals surface area (Å²) in [6, 6.07) is 15.1. The van der Waals surface area contributed by atoms with Crippen LogP contribution in [-0.4, -0.2) is 21.8 Å². The first-order chi connectivity index (χ1) is 10.0. The number of methoxy groups -OCH3 is 1. The molecule has 0 aliphatic rings. The standard InChI is InChI=1S/C18H21AsBrO/c1-13(2)12-19(3)15-8-9-18(21-4)17(11-15)14-6-5-7-16(20)10-14/h5-11H,12H2,1-4H3. The van der Waals surface area contributed by atoms with E-state index in [1.54, 1.807) is 7.11 Å². The molecular weight excluding hydrogens is 387 g/mol. The van der Waals surface area contributed by atoms with Gasteiger partial charge in [0.15, 0.2) is 0 Å². The molecule has 0 aromatic heterocycles. The topological polar surface area (TPSA) is 9.23 Å². The van der Waals surface area contributed by atoms with Gasteiger partial charge in [0.25, 0.3) is 0 Å². The molecule has 3 heteroatoms. The Morgan fingerprint density at radius 3 is 2.52 bits per heavy atom. The van der Waals surface area contributed by atoms with Crippen LogP contribution in [0.25, 0.3) is 11.1 Å². The zero-order valence-electron chi connectivity index (χ0n) is 13.0. The maximum atomic E-state index is 5.55. The van der Waals surface area contributed by atoms with Crippen molar-refractivity contribution >= 4 is 34.9 Å². The van der Waals surface area contributed by atoms with Crippen LogP contribution in [0.1, 0.15) is 13.8 Å². The van der Waals surface area contributed by atoms with Crippen LogP contribution in [-0.2, 0) is 0 Å². The second kappa shape index (κ2) is 7.51. The molecule has 0 saturated heterocycles. The van der Waals surface area contributed by atoms with Gasteiger partial charge in [-0.15, -0.1) is 0 Å². The fourth-order valence-corrected chi connectivity index (χ4v) is 6.58.